The molecule has 0 aliphatic carbocycles. The van der Waals surface area contributed by atoms with E-state index < -0.39 is 4.92 Å². The van der Waals surface area contributed by atoms with Crippen molar-refractivity contribution in [1.82, 2.24) is 0 Å². The van der Waals surface area contributed by atoms with Gasteiger partial charge in [-0.3, -0.25) is 10.1 Å². The van der Waals surface area contributed by atoms with Crippen LogP contribution in [0.1, 0.15) is 25.3 Å². The lowest BCUT2D eigenvalue weighted by Gasteiger charge is -2.09. The van der Waals surface area contributed by atoms with Gasteiger partial charge in [0.05, 0.1) is 9.95 Å². The van der Waals surface area contributed by atoms with E-state index in [1.807, 2.05) is 24.3 Å². The van der Waals surface area contributed by atoms with E-state index in [1.54, 1.807) is 0 Å². The molecule has 20 heavy (non-hydrogen) atoms. The minimum absolute atomic E-state index is 0.0579. The summed E-state index contributed by atoms with van der Waals surface area (Å²) in [6.45, 7) is 4.23. The van der Waals surface area contributed by atoms with Crippen LogP contribution in [0.25, 0.3) is 0 Å². The molecule has 0 heterocycles. The predicted molar refractivity (Wildman–Crippen MR) is 78.7 cm³/mol. The monoisotopic (exact) mass is 291 g/mol. The highest BCUT2D eigenvalue weighted by Gasteiger charge is 2.11. The van der Waals surface area contributed by atoms with Gasteiger partial charge in [-0.1, -0.05) is 37.6 Å². The Labute approximate surface area is 122 Å². The number of ether oxygens (including phenoxy) is 1. The van der Waals surface area contributed by atoms with Gasteiger partial charge in [0.1, 0.15) is 11.5 Å². The molecule has 0 radical (unpaired) electrons. The van der Waals surface area contributed by atoms with Gasteiger partial charge < -0.3 is 4.74 Å². The Hall–Kier alpha value is -2.07. The van der Waals surface area contributed by atoms with Crippen LogP contribution in [0.5, 0.6) is 11.5 Å². The van der Waals surface area contributed by atoms with Crippen molar-refractivity contribution >= 4 is 17.3 Å². The predicted octanol–water partition coefficient (Wildman–Crippen LogP) is 5.16. The first kappa shape index (κ1) is 14.3. The molecule has 0 amide bonds. The van der Waals surface area contributed by atoms with E-state index in [0.29, 0.717) is 17.4 Å². The molecule has 0 spiro atoms. The second-order valence-corrected chi connectivity index (χ2v) is 5.10. The maximum absolute atomic E-state index is 10.6. The number of rotatable bonds is 4. The number of non-ortho nitro benzene ring substituents is 1. The van der Waals surface area contributed by atoms with Crippen molar-refractivity contribution in [2.24, 2.45) is 0 Å². The standard InChI is InChI=1S/C15H14ClNO3/c1-10(2)11-3-6-13(7-4-11)20-15-8-5-12(17(18)19)9-14(15)16/h3-10H,1-2H3. The molecule has 4 nitrogen and oxygen atoms in total. The van der Waals surface area contributed by atoms with E-state index in [2.05, 4.69) is 13.8 Å². The summed E-state index contributed by atoms with van der Waals surface area (Å²) in [7, 11) is 0. The number of nitro benzene ring substituents is 1. The van der Waals surface area contributed by atoms with Crippen LogP contribution in [-0.2, 0) is 0 Å². The van der Waals surface area contributed by atoms with Crippen LogP contribution in [0.3, 0.4) is 0 Å². The molecule has 2 rings (SSSR count). The molecule has 0 aromatic heterocycles. The minimum atomic E-state index is -0.493. The highest BCUT2D eigenvalue weighted by atomic mass is 35.5. The third kappa shape index (κ3) is 3.27. The molecule has 0 aliphatic heterocycles. The molecular formula is C15H14ClNO3. The molecular weight excluding hydrogens is 278 g/mol. The molecule has 2 aromatic carbocycles. The molecule has 0 saturated heterocycles. The third-order valence-corrected chi connectivity index (χ3v) is 3.20. The second kappa shape index (κ2) is 5.92. The van der Waals surface area contributed by atoms with Crippen molar-refractivity contribution in [1.29, 1.82) is 0 Å². The van der Waals surface area contributed by atoms with E-state index >= 15 is 0 Å². The number of hydrogen-bond donors (Lipinski definition) is 0. The number of benzene rings is 2. The van der Waals surface area contributed by atoms with Gasteiger partial charge in [-0.25, -0.2) is 0 Å². The van der Waals surface area contributed by atoms with Crippen LogP contribution in [-0.4, -0.2) is 4.92 Å². The summed E-state index contributed by atoms with van der Waals surface area (Å²) in [5.74, 6) is 1.49. The lowest BCUT2D eigenvalue weighted by Crippen LogP contribution is -1.91. The fraction of sp³-hybridized carbons (Fsp3) is 0.200. The molecule has 0 bridgehead atoms. The number of nitro groups is 1. The summed E-state index contributed by atoms with van der Waals surface area (Å²) in [4.78, 5) is 10.1. The lowest BCUT2D eigenvalue weighted by atomic mass is 10.0. The average Bonchev–Trinajstić information content (AvgIpc) is 2.41. The Morgan fingerprint density at radius 2 is 1.80 bits per heavy atom. The van der Waals surface area contributed by atoms with Crippen LogP contribution in [0, 0.1) is 10.1 Å². The highest BCUT2D eigenvalue weighted by Crippen LogP contribution is 2.32. The van der Waals surface area contributed by atoms with Gasteiger partial charge in [0.2, 0.25) is 0 Å². The molecule has 5 heteroatoms. The molecule has 0 atom stereocenters. The van der Waals surface area contributed by atoms with Crippen molar-refractivity contribution in [3.05, 3.63) is 63.2 Å². The van der Waals surface area contributed by atoms with Crippen LogP contribution in [0.15, 0.2) is 42.5 Å². The van der Waals surface area contributed by atoms with E-state index in [1.165, 1.54) is 23.8 Å². The van der Waals surface area contributed by atoms with Crippen molar-refractivity contribution in [3.8, 4) is 11.5 Å². The van der Waals surface area contributed by atoms with Gasteiger partial charge in [0, 0.05) is 12.1 Å². The summed E-state index contributed by atoms with van der Waals surface area (Å²) in [6, 6.07) is 11.8. The largest absolute Gasteiger partial charge is 0.456 e. The SMILES string of the molecule is CC(C)c1ccc(Oc2ccc([N+](=O)[O-])cc2Cl)cc1. The Morgan fingerprint density at radius 3 is 2.30 bits per heavy atom. The zero-order chi connectivity index (χ0) is 14.7. The summed E-state index contributed by atoms with van der Waals surface area (Å²) in [5, 5.41) is 10.8. The van der Waals surface area contributed by atoms with Gasteiger partial charge in [0.25, 0.3) is 5.69 Å². The summed E-state index contributed by atoms with van der Waals surface area (Å²) in [6.07, 6.45) is 0. The smallest absolute Gasteiger partial charge is 0.271 e. The molecule has 2 aromatic rings. The second-order valence-electron chi connectivity index (χ2n) is 4.70. The Morgan fingerprint density at radius 1 is 1.15 bits per heavy atom. The minimum Gasteiger partial charge on any atom is -0.456 e. The maximum Gasteiger partial charge on any atom is 0.271 e. The average molecular weight is 292 g/mol. The van der Waals surface area contributed by atoms with Crippen LogP contribution in [0.2, 0.25) is 5.02 Å². The molecule has 0 fully saturated rings. The number of nitrogens with zero attached hydrogens (tertiary/aromatic N) is 1. The van der Waals surface area contributed by atoms with Crippen molar-refractivity contribution in [3.63, 3.8) is 0 Å². The van der Waals surface area contributed by atoms with Gasteiger partial charge in [0.15, 0.2) is 0 Å². The van der Waals surface area contributed by atoms with Crippen LogP contribution in [0.4, 0.5) is 5.69 Å². The molecule has 0 N–H and O–H groups in total. The highest BCUT2D eigenvalue weighted by molar-refractivity contribution is 6.32. The first-order valence-electron chi connectivity index (χ1n) is 6.19. The lowest BCUT2D eigenvalue weighted by molar-refractivity contribution is -0.384. The topological polar surface area (TPSA) is 52.4 Å². The summed E-state index contributed by atoms with van der Waals surface area (Å²) >= 11 is 5.98. The van der Waals surface area contributed by atoms with Gasteiger partial charge in [-0.05, 0) is 29.7 Å². The molecule has 0 saturated carbocycles. The van der Waals surface area contributed by atoms with Crippen molar-refractivity contribution in [2.45, 2.75) is 19.8 Å². The van der Waals surface area contributed by atoms with E-state index in [4.69, 9.17) is 16.3 Å². The van der Waals surface area contributed by atoms with Crippen LogP contribution < -0.4 is 4.74 Å². The molecule has 104 valence electrons. The van der Waals surface area contributed by atoms with Crippen LogP contribution >= 0.6 is 11.6 Å². The van der Waals surface area contributed by atoms with E-state index in [9.17, 15) is 10.1 Å². The maximum atomic E-state index is 10.6. The zero-order valence-corrected chi connectivity index (χ0v) is 11.9. The number of halogens is 1. The van der Waals surface area contributed by atoms with Gasteiger partial charge in [-0.2, -0.15) is 0 Å². The fourth-order valence-electron chi connectivity index (χ4n) is 1.73. The van der Waals surface area contributed by atoms with Crippen molar-refractivity contribution < 1.29 is 9.66 Å². The summed E-state index contributed by atoms with van der Waals surface area (Å²) in [5.41, 5.74) is 1.16. The normalized spacial score (nSPS) is 10.6. The fourth-order valence-corrected chi connectivity index (χ4v) is 1.95. The molecule has 0 unspecified atom stereocenters. The first-order valence-corrected chi connectivity index (χ1v) is 6.57. The Balaban J connectivity index is 2.19. The summed E-state index contributed by atoms with van der Waals surface area (Å²) < 4.78 is 5.62. The number of hydrogen-bond acceptors (Lipinski definition) is 3. The van der Waals surface area contributed by atoms with E-state index in [0.717, 1.165) is 0 Å². The van der Waals surface area contributed by atoms with Gasteiger partial charge >= 0.3 is 0 Å². The Kier molecular flexibility index (Phi) is 4.25. The third-order valence-electron chi connectivity index (χ3n) is 2.90. The van der Waals surface area contributed by atoms with E-state index in [-0.39, 0.29) is 10.7 Å². The quantitative estimate of drug-likeness (QED) is 0.577. The first-order chi connectivity index (χ1) is 9.47. The molecule has 0 aliphatic rings. The zero-order valence-electron chi connectivity index (χ0n) is 11.2. The Bertz CT molecular complexity index is 624. The van der Waals surface area contributed by atoms with Crippen molar-refractivity contribution in [2.75, 3.05) is 0 Å². The van der Waals surface area contributed by atoms with Gasteiger partial charge in [-0.15, -0.1) is 0 Å².